The minimum absolute atomic E-state index is 0.0589. The second-order valence-corrected chi connectivity index (χ2v) is 5.89. The van der Waals surface area contributed by atoms with Crippen molar-refractivity contribution in [1.29, 1.82) is 0 Å². The molecular weight excluding hydrogens is 219 g/mol. The average Bonchev–Trinajstić information content (AvgIpc) is 2.59. The van der Waals surface area contributed by atoms with Gasteiger partial charge in [-0.05, 0) is 12.8 Å². The maximum Gasteiger partial charge on any atom is 0.211 e. The topological polar surface area (TPSA) is 58.2 Å². The van der Waals surface area contributed by atoms with E-state index in [1.807, 2.05) is 6.92 Å². The Morgan fingerprint density at radius 1 is 1.53 bits per heavy atom. The Morgan fingerprint density at radius 2 is 2.27 bits per heavy atom. The highest BCUT2D eigenvalue weighted by Gasteiger charge is 2.24. The first-order chi connectivity index (χ1) is 7.03. The summed E-state index contributed by atoms with van der Waals surface area (Å²) >= 11 is 0. The molecule has 15 heavy (non-hydrogen) atoms. The maximum absolute atomic E-state index is 12.8. The molecule has 1 rings (SSSR count). The van der Waals surface area contributed by atoms with Crippen molar-refractivity contribution >= 4 is 10.0 Å². The molecule has 1 heterocycles. The molecule has 1 aliphatic heterocycles. The minimum atomic E-state index is -3.16. The van der Waals surface area contributed by atoms with Gasteiger partial charge in [-0.1, -0.05) is 13.3 Å². The van der Waals surface area contributed by atoms with Gasteiger partial charge in [0, 0.05) is 19.1 Å². The lowest BCUT2D eigenvalue weighted by Gasteiger charge is -2.11. The van der Waals surface area contributed by atoms with Crippen LogP contribution in [0.3, 0.4) is 0 Å². The van der Waals surface area contributed by atoms with Crippen molar-refractivity contribution in [3.63, 3.8) is 0 Å². The predicted molar refractivity (Wildman–Crippen MR) is 58.0 cm³/mol. The average molecular weight is 238 g/mol. The molecule has 0 saturated carbocycles. The molecule has 0 aromatic heterocycles. The molecule has 1 fully saturated rings. The van der Waals surface area contributed by atoms with E-state index in [2.05, 4.69) is 10.0 Å². The number of nitrogens with one attached hydrogen (secondary N) is 2. The number of rotatable bonds is 6. The van der Waals surface area contributed by atoms with Crippen LogP contribution in [0, 0.1) is 0 Å². The molecule has 0 amide bonds. The van der Waals surface area contributed by atoms with Gasteiger partial charge in [-0.3, -0.25) is 0 Å². The van der Waals surface area contributed by atoms with Crippen molar-refractivity contribution in [2.24, 2.45) is 0 Å². The summed E-state index contributed by atoms with van der Waals surface area (Å²) in [6.45, 7) is 2.58. The molecule has 2 N–H and O–H groups in total. The molecule has 2 atom stereocenters. The Morgan fingerprint density at radius 3 is 2.80 bits per heavy atom. The van der Waals surface area contributed by atoms with Crippen LogP contribution in [0.4, 0.5) is 4.39 Å². The van der Waals surface area contributed by atoms with Crippen molar-refractivity contribution in [2.45, 2.75) is 38.4 Å². The summed E-state index contributed by atoms with van der Waals surface area (Å²) in [5.74, 6) is 0.162. The van der Waals surface area contributed by atoms with Crippen LogP contribution < -0.4 is 10.0 Å². The lowest BCUT2D eigenvalue weighted by Crippen LogP contribution is -2.38. The van der Waals surface area contributed by atoms with Gasteiger partial charge in [-0.2, -0.15) is 0 Å². The molecule has 1 saturated heterocycles. The molecule has 0 bridgehead atoms. The smallest absolute Gasteiger partial charge is 0.211 e. The van der Waals surface area contributed by atoms with Crippen LogP contribution >= 0.6 is 0 Å². The third kappa shape index (κ3) is 4.90. The van der Waals surface area contributed by atoms with Crippen LogP contribution in [0.25, 0.3) is 0 Å². The lowest BCUT2D eigenvalue weighted by molar-refractivity contribution is 0.355. The molecule has 4 nitrogen and oxygen atoms in total. The molecule has 0 aromatic rings. The number of hydrogen-bond acceptors (Lipinski definition) is 3. The zero-order valence-electron chi connectivity index (χ0n) is 9.00. The Hall–Kier alpha value is -0.200. The highest BCUT2D eigenvalue weighted by atomic mass is 32.2. The SMILES string of the molecule is CCCCS(=O)(=O)NC[C@@H]1C[C@H](F)CN1. The summed E-state index contributed by atoms with van der Waals surface area (Å²) in [6.07, 6.45) is 1.08. The largest absolute Gasteiger partial charge is 0.310 e. The first-order valence-electron chi connectivity index (χ1n) is 5.38. The van der Waals surface area contributed by atoms with Gasteiger partial charge in [0.05, 0.1) is 5.75 Å². The Bertz CT molecular complexity index is 282. The van der Waals surface area contributed by atoms with E-state index in [1.54, 1.807) is 0 Å². The third-order valence-corrected chi connectivity index (χ3v) is 3.92. The predicted octanol–water partition coefficient (Wildman–Crippen LogP) is 0.406. The molecular formula is C9H19FN2O2S. The van der Waals surface area contributed by atoms with Crippen LogP contribution in [0.2, 0.25) is 0 Å². The molecule has 0 unspecified atom stereocenters. The van der Waals surface area contributed by atoms with Gasteiger partial charge in [-0.25, -0.2) is 17.5 Å². The van der Waals surface area contributed by atoms with Gasteiger partial charge in [0.1, 0.15) is 6.17 Å². The van der Waals surface area contributed by atoms with E-state index in [1.165, 1.54) is 0 Å². The molecule has 90 valence electrons. The van der Waals surface area contributed by atoms with Crippen LogP contribution in [-0.2, 0) is 10.0 Å². The maximum atomic E-state index is 12.8. The van der Waals surface area contributed by atoms with Crippen molar-refractivity contribution in [2.75, 3.05) is 18.8 Å². The lowest BCUT2D eigenvalue weighted by atomic mass is 10.2. The summed E-state index contributed by atoms with van der Waals surface area (Å²) in [7, 11) is -3.16. The highest BCUT2D eigenvalue weighted by Crippen LogP contribution is 2.09. The van der Waals surface area contributed by atoms with Crippen molar-refractivity contribution < 1.29 is 12.8 Å². The van der Waals surface area contributed by atoms with Gasteiger partial charge in [0.15, 0.2) is 0 Å². The monoisotopic (exact) mass is 238 g/mol. The molecule has 6 heteroatoms. The Kier molecular flexibility index (Phi) is 4.95. The van der Waals surface area contributed by atoms with Gasteiger partial charge in [-0.15, -0.1) is 0 Å². The molecule has 0 radical (unpaired) electrons. The molecule has 0 spiro atoms. The first-order valence-corrected chi connectivity index (χ1v) is 7.03. The highest BCUT2D eigenvalue weighted by molar-refractivity contribution is 7.89. The van der Waals surface area contributed by atoms with Gasteiger partial charge >= 0.3 is 0 Å². The number of sulfonamides is 1. The Balaban J connectivity index is 2.24. The van der Waals surface area contributed by atoms with Gasteiger partial charge in [0.25, 0.3) is 0 Å². The van der Waals surface area contributed by atoms with Crippen LogP contribution in [-0.4, -0.2) is 39.5 Å². The Labute approximate surface area is 90.7 Å². The fourth-order valence-electron chi connectivity index (χ4n) is 1.56. The number of alkyl halides is 1. The minimum Gasteiger partial charge on any atom is -0.310 e. The van der Waals surface area contributed by atoms with Crippen LogP contribution in [0.5, 0.6) is 0 Å². The summed E-state index contributed by atoms with van der Waals surface area (Å²) in [5.41, 5.74) is 0. The van der Waals surface area contributed by atoms with Crippen molar-refractivity contribution in [1.82, 2.24) is 10.0 Å². The van der Waals surface area contributed by atoms with E-state index < -0.39 is 16.2 Å². The second kappa shape index (κ2) is 5.77. The number of halogens is 1. The zero-order valence-corrected chi connectivity index (χ0v) is 9.82. The van der Waals surface area contributed by atoms with Gasteiger partial charge < -0.3 is 5.32 Å². The quantitative estimate of drug-likeness (QED) is 0.704. The summed E-state index contributed by atoms with van der Waals surface area (Å²) in [5, 5.41) is 2.93. The zero-order chi connectivity index (χ0) is 11.3. The van der Waals surface area contributed by atoms with E-state index in [4.69, 9.17) is 0 Å². The van der Waals surface area contributed by atoms with E-state index in [0.717, 1.165) is 6.42 Å². The van der Waals surface area contributed by atoms with Crippen LogP contribution in [0.15, 0.2) is 0 Å². The summed E-state index contributed by atoms with van der Waals surface area (Å²) < 4.78 is 38.0. The number of hydrogen-bond donors (Lipinski definition) is 2. The van der Waals surface area contributed by atoms with E-state index in [9.17, 15) is 12.8 Å². The van der Waals surface area contributed by atoms with E-state index in [0.29, 0.717) is 25.9 Å². The fraction of sp³-hybridized carbons (Fsp3) is 1.00. The fourth-order valence-corrected chi connectivity index (χ4v) is 2.83. The second-order valence-electron chi connectivity index (χ2n) is 3.96. The normalized spacial score (nSPS) is 27.1. The first kappa shape index (κ1) is 12.9. The van der Waals surface area contributed by atoms with Gasteiger partial charge in [0.2, 0.25) is 10.0 Å². The van der Waals surface area contributed by atoms with Crippen molar-refractivity contribution in [3.05, 3.63) is 0 Å². The van der Waals surface area contributed by atoms with E-state index in [-0.39, 0.29) is 11.8 Å². The molecule has 0 aliphatic carbocycles. The van der Waals surface area contributed by atoms with E-state index >= 15 is 0 Å². The molecule has 1 aliphatic rings. The summed E-state index contributed by atoms with van der Waals surface area (Å²) in [6, 6.07) is -0.0589. The standard InChI is InChI=1S/C9H19FN2O2S/c1-2-3-4-15(13,14)12-7-9-5-8(10)6-11-9/h8-9,11-12H,2-7H2,1H3/t8-,9-/m0/s1. The van der Waals surface area contributed by atoms with Crippen molar-refractivity contribution in [3.8, 4) is 0 Å². The third-order valence-electron chi connectivity index (χ3n) is 2.48. The van der Waals surface area contributed by atoms with Crippen LogP contribution in [0.1, 0.15) is 26.2 Å². The molecule has 0 aromatic carbocycles. The number of unbranched alkanes of at least 4 members (excludes halogenated alkanes) is 1. The summed E-state index contributed by atoms with van der Waals surface area (Å²) in [4.78, 5) is 0.